The number of aromatic nitrogens is 1. The van der Waals surface area contributed by atoms with Crippen LogP contribution < -0.4 is 29.0 Å². The van der Waals surface area contributed by atoms with Gasteiger partial charge in [0.05, 0.1) is 18.3 Å². The molecule has 0 aliphatic carbocycles. The van der Waals surface area contributed by atoms with E-state index in [1.54, 1.807) is 43.6 Å². The van der Waals surface area contributed by atoms with Crippen LogP contribution in [0.3, 0.4) is 0 Å². The van der Waals surface area contributed by atoms with E-state index in [9.17, 15) is 13.6 Å². The zero-order chi connectivity index (χ0) is 31.8. The van der Waals surface area contributed by atoms with Gasteiger partial charge in [-0.3, -0.25) is 14.7 Å². The van der Waals surface area contributed by atoms with Crippen molar-refractivity contribution in [1.82, 2.24) is 14.8 Å². The van der Waals surface area contributed by atoms with Crippen LogP contribution in [0, 0.1) is 0 Å². The van der Waals surface area contributed by atoms with Crippen molar-refractivity contribution in [1.29, 1.82) is 0 Å². The number of rotatable bonds is 8. The SMILES string of the molecule is COc1cc2c(Oc3ccc4c(C(=O)Nc5cccc6c5OC(F)(F)O6)cccc4c3)ccnc2cc1OCN1CCN(C)CC1. The number of nitrogens with zero attached hydrogens (tertiary/aromatic N) is 3. The van der Waals surface area contributed by atoms with E-state index in [2.05, 4.69) is 36.6 Å². The number of anilines is 1. The average Bonchev–Trinajstić information content (AvgIpc) is 3.38. The maximum atomic E-state index is 13.6. The Balaban J connectivity index is 1.11. The molecule has 1 saturated heterocycles. The molecular weight excluding hydrogens is 598 g/mol. The molecule has 0 atom stereocenters. The highest BCUT2D eigenvalue weighted by Crippen LogP contribution is 2.46. The first-order valence-electron chi connectivity index (χ1n) is 14.7. The molecule has 1 amide bonds. The molecule has 2 aliphatic heterocycles. The van der Waals surface area contributed by atoms with Crippen LogP contribution in [-0.4, -0.2) is 74.1 Å². The number of para-hydroxylation sites is 1. The van der Waals surface area contributed by atoms with Crippen molar-refractivity contribution in [2.75, 3.05) is 52.4 Å². The lowest BCUT2D eigenvalue weighted by atomic mass is 10.0. The molecule has 1 fully saturated rings. The molecule has 0 unspecified atom stereocenters. The van der Waals surface area contributed by atoms with E-state index in [-0.39, 0.29) is 17.2 Å². The van der Waals surface area contributed by atoms with Crippen LogP contribution >= 0.6 is 0 Å². The summed E-state index contributed by atoms with van der Waals surface area (Å²) in [6.45, 7) is 4.30. The molecular formula is C34H30F2N4O6. The quantitative estimate of drug-likeness (QED) is 0.211. The third-order valence-electron chi connectivity index (χ3n) is 7.99. The number of carbonyl (C=O) groups is 1. The standard InChI is InChI=1S/C34H30F2N4O6/c1-39-13-15-40(16-14-39)20-43-31-19-27-25(18-30(31)42-2)28(11-12-37-27)44-22-9-10-23-21(17-22)5-3-6-24(23)33(41)38-26-7-4-8-29-32(26)46-34(35,36)45-29/h3-12,17-19H,13-16,20H2,1-2H3,(H,38,41). The molecule has 46 heavy (non-hydrogen) atoms. The largest absolute Gasteiger partial charge is 0.586 e. The monoisotopic (exact) mass is 628 g/mol. The summed E-state index contributed by atoms with van der Waals surface area (Å²) in [6.07, 6.45) is -2.13. The van der Waals surface area contributed by atoms with Gasteiger partial charge in [0.15, 0.2) is 23.0 Å². The summed E-state index contributed by atoms with van der Waals surface area (Å²) in [5, 5.41) is 4.79. The van der Waals surface area contributed by atoms with Crippen molar-refractivity contribution >= 4 is 33.3 Å². The van der Waals surface area contributed by atoms with Gasteiger partial charge in [-0.05, 0) is 66.4 Å². The number of ether oxygens (including phenoxy) is 5. The Morgan fingerprint density at radius 2 is 1.76 bits per heavy atom. The first-order chi connectivity index (χ1) is 22.3. The molecule has 0 bridgehead atoms. The molecule has 1 aromatic heterocycles. The number of halogens is 2. The van der Waals surface area contributed by atoms with Gasteiger partial charge in [0.25, 0.3) is 5.91 Å². The van der Waals surface area contributed by atoms with Gasteiger partial charge >= 0.3 is 6.29 Å². The van der Waals surface area contributed by atoms with Crippen molar-refractivity contribution < 1.29 is 37.3 Å². The van der Waals surface area contributed by atoms with Crippen LogP contribution in [0.15, 0.2) is 79.0 Å². The minimum absolute atomic E-state index is 0.0736. The molecule has 1 N–H and O–H groups in total. The van der Waals surface area contributed by atoms with Gasteiger partial charge in [0.1, 0.15) is 18.2 Å². The van der Waals surface area contributed by atoms with Gasteiger partial charge in [-0.2, -0.15) is 0 Å². The molecule has 236 valence electrons. The van der Waals surface area contributed by atoms with Crippen LogP contribution in [0.1, 0.15) is 10.4 Å². The number of pyridine rings is 1. The Hall–Kier alpha value is -5.20. The summed E-state index contributed by atoms with van der Waals surface area (Å²) >= 11 is 0. The molecule has 4 aromatic carbocycles. The minimum atomic E-state index is -3.80. The molecule has 12 heteroatoms. The van der Waals surface area contributed by atoms with Crippen LogP contribution in [0.4, 0.5) is 14.5 Å². The Kier molecular flexibility index (Phi) is 7.67. The van der Waals surface area contributed by atoms with Crippen LogP contribution in [0.25, 0.3) is 21.7 Å². The third kappa shape index (κ3) is 5.92. The number of fused-ring (bicyclic) bond motifs is 3. The lowest BCUT2D eigenvalue weighted by molar-refractivity contribution is -0.286. The van der Waals surface area contributed by atoms with E-state index in [4.69, 9.17) is 14.2 Å². The topological polar surface area (TPSA) is 94.6 Å². The van der Waals surface area contributed by atoms with Gasteiger partial charge in [-0.1, -0.05) is 18.2 Å². The van der Waals surface area contributed by atoms with Crippen molar-refractivity contribution in [3.8, 4) is 34.5 Å². The second-order valence-corrected chi connectivity index (χ2v) is 11.1. The number of nitrogens with one attached hydrogen (secondary N) is 1. The first-order valence-corrected chi connectivity index (χ1v) is 14.7. The predicted octanol–water partition coefficient (Wildman–Crippen LogP) is 6.35. The number of benzene rings is 4. The van der Waals surface area contributed by atoms with Gasteiger partial charge in [-0.25, -0.2) is 0 Å². The Morgan fingerprint density at radius 1 is 0.935 bits per heavy atom. The molecule has 7 rings (SSSR count). The number of carbonyl (C=O) groups excluding carboxylic acids is 1. The lowest BCUT2D eigenvalue weighted by Crippen LogP contribution is -2.45. The van der Waals surface area contributed by atoms with Gasteiger partial charge in [0.2, 0.25) is 0 Å². The number of likely N-dealkylation sites (N-methyl/N-ethyl adjacent to an activating group) is 1. The molecule has 10 nitrogen and oxygen atoms in total. The van der Waals surface area contributed by atoms with Gasteiger partial charge in [0, 0.05) is 49.4 Å². The molecule has 3 heterocycles. The second-order valence-electron chi connectivity index (χ2n) is 11.1. The lowest BCUT2D eigenvalue weighted by Gasteiger charge is -2.32. The second kappa shape index (κ2) is 12.0. The Labute approximate surface area is 263 Å². The third-order valence-corrected chi connectivity index (χ3v) is 7.99. The minimum Gasteiger partial charge on any atom is -0.493 e. The van der Waals surface area contributed by atoms with Crippen molar-refractivity contribution in [3.05, 3.63) is 84.6 Å². The van der Waals surface area contributed by atoms with E-state index in [1.807, 2.05) is 24.3 Å². The maximum Gasteiger partial charge on any atom is 0.586 e. The van der Waals surface area contributed by atoms with Gasteiger partial charge < -0.3 is 33.9 Å². The van der Waals surface area contributed by atoms with E-state index < -0.39 is 12.2 Å². The van der Waals surface area contributed by atoms with E-state index >= 15 is 0 Å². The highest BCUT2D eigenvalue weighted by atomic mass is 19.3. The summed E-state index contributed by atoms with van der Waals surface area (Å²) in [5.41, 5.74) is 1.10. The number of hydrogen-bond acceptors (Lipinski definition) is 9. The summed E-state index contributed by atoms with van der Waals surface area (Å²) in [5.74, 6) is 1.40. The number of piperazine rings is 1. The predicted molar refractivity (Wildman–Crippen MR) is 167 cm³/mol. The van der Waals surface area contributed by atoms with Crippen LogP contribution in [-0.2, 0) is 0 Å². The summed E-state index contributed by atoms with van der Waals surface area (Å²) in [7, 11) is 3.71. The summed E-state index contributed by atoms with van der Waals surface area (Å²) in [4.78, 5) is 22.4. The molecule has 2 aliphatic rings. The highest BCUT2D eigenvalue weighted by molar-refractivity contribution is 6.13. The van der Waals surface area contributed by atoms with Crippen LogP contribution in [0.5, 0.6) is 34.5 Å². The van der Waals surface area contributed by atoms with E-state index in [0.29, 0.717) is 46.2 Å². The zero-order valence-corrected chi connectivity index (χ0v) is 25.1. The maximum absolute atomic E-state index is 13.6. The fourth-order valence-electron chi connectivity index (χ4n) is 5.53. The van der Waals surface area contributed by atoms with Crippen molar-refractivity contribution in [2.24, 2.45) is 0 Å². The highest BCUT2D eigenvalue weighted by Gasteiger charge is 2.44. The normalized spacial score (nSPS) is 16.0. The zero-order valence-electron chi connectivity index (χ0n) is 25.1. The number of amides is 1. The number of methoxy groups -OCH3 is 1. The number of hydrogen-bond donors (Lipinski definition) is 1. The van der Waals surface area contributed by atoms with Crippen molar-refractivity contribution in [3.63, 3.8) is 0 Å². The van der Waals surface area contributed by atoms with Gasteiger partial charge in [-0.15, -0.1) is 8.78 Å². The fourth-order valence-corrected chi connectivity index (χ4v) is 5.53. The summed E-state index contributed by atoms with van der Waals surface area (Å²) in [6, 6.07) is 20.4. The summed E-state index contributed by atoms with van der Waals surface area (Å²) < 4.78 is 54.5. The fraction of sp³-hybridized carbons (Fsp3) is 0.235. The smallest absolute Gasteiger partial charge is 0.493 e. The van der Waals surface area contributed by atoms with E-state index in [0.717, 1.165) is 37.0 Å². The molecule has 5 aromatic rings. The molecule has 0 radical (unpaired) electrons. The Morgan fingerprint density at radius 3 is 2.59 bits per heavy atom. The molecule has 0 saturated carbocycles. The molecule has 0 spiro atoms. The Bertz CT molecular complexity index is 1950. The van der Waals surface area contributed by atoms with E-state index in [1.165, 1.54) is 18.2 Å². The average molecular weight is 629 g/mol. The number of alkyl halides is 2. The van der Waals surface area contributed by atoms with Crippen molar-refractivity contribution in [2.45, 2.75) is 6.29 Å². The van der Waals surface area contributed by atoms with Crippen LogP contribution in [0.2, 0.25) is 0 Å². The first kappa shape index (κ1) is 29.5.